The number of halogens is 3. The zero-order chi connectivity index (χ0) is 7.44. The molecule has 0 heterocycles. The predicted octanol–water partition coefficient (Wildman–Crippen LogP) is 1.87. The summed E-state index contributed by atoms with van der Waals surface area (Å²) in [5.41, 5.74) is 0. The maximum Gasteiger partial charge on any atom is 0.304 e. The van der Waals surface area contributed by atoms with Gasteiger partial charge in [-0.3, -0.25) is 4.79 Å². The third-order valence-electron chi connectivity index (χ3n) is 0.643. The van der Waals surface area contributed by atoms with Gasteiger partial charge in [0.2, 0.25) is 0 Å². The zero-order valence-corrected chi connectivity index (χ0v) is 6.62. The molecule has 54 valence electrons. The first-order chi connectivity index (χ1) is 4.04. The van der Waals surface area contributed by atoms with Gasteiger partial charge in [0.25, 0.3) is 0 Å². The maximum atomic E-state index is 9.91. The number of carbonyl (C=O) groups is 1. The normalized spacial score (nSPS) is 13.8. The molecule has 1 unspecified atom stereocenters. The van der Waals surface area contributed by atoms with Gasteiger partial charge in [-0.15, -0.1) is 34.8 Å². The number of rotatable bonds is 3. The fourth-order valence-electron chi connectivity index (χ4n) is 0.256. The van der Waals surface area contributed by atoms with Gasteiger partial charge in [0.15, 0.2) is 0 Å². The first kappa shape index (κ1) is 9.34. The molecule has 1 atom stereocenters. The SMILES string of the molecule is O=C(O)CC(Cl)C(Cl)Cl. The first-order valence-electron chi connectivity index (χ1n) is 2.18. The van der Waals surface area contributed by atoms with Crippen molar-refractivity contribution in [3.8, 4) is 0 Å². The van der Waals surface area contributed by atoms with Crippen LogP contribution < -0.4 is 0 Å². The van der Waals surface area contributed by atoms with Crippen LogP contribution >= 0.6 is 34.8 Å². The molecule has 1 N–H and O–H groups in total. The Labute approximate surface area is 67.7 Å². The number of carboxylic acid groups (broad SMARTS) is 1. The van der Waals surface area contributed by atoms with Gasteiger partial charge < -0.3 is 5.11 Å². The van der Waals surface area contributed by atoms with E-state index in [0.717, 1.165) is 0 Å². The molecule has 0 radical (unpaired) electrons. The van der Waals surface area contributed by atoms with Gasteiger partial charge in [-0.1, -0.05) is 0 Å². The van der Waals surface area contributed by atoms with Crippen molar-refractivity contribution in [2.24, 2.45) is 0 Å². The monoisotopic (exact) mass is 190 g/mol. The Morgan fingerprint density at radius 1 is 1.44 bits per heavy atom. The summed E-state index contributed by atoms with van der Waals surface area (Å²) in [5.74, 6) is -0.999. The van der Waals surface area contributed by atoms with Crippen LogP contribution in [0.2, 0.25) is 0 Å². The Hall–Kier alpha value is 0.340. The fraction of sp³-hybridized carbons (Fsp3) is 0.750. The molecule has 0 saturated heterocycles. The van der Waals surface area contributed by atoms with E-state index in [1.165, 1.54) is 0 Å². The van der Waals surface area contributed by atoms with Crippen LogP contribution in [0.1, 0.15) is 6.42 Å². The maximum absolute atomic E-state index is 9.91. The van der Waals surface area contributed by atoms with Crippen LogP contribution in [0, 0.1) is 0 Å². The number of aliphatic carboxylic acids is 1. The molecule has 0 rings (SSSR count). The van der Waals surface area contributed by atoms with Crippen molar-refractivity contribution in [1.29, 1.82) is 0 Å². The summed E-state index contributed by atoms with van der Waals surface area (Å²) in [6.07, 6.45) is -0.209. The van der Waals surface area contributed by atoms with Crippen LogP contribution in [-0.2, 0) is 4.79 Å². The van der Waals surface area contributed by atoms with E-state index in [4.69, 9.17) is 39.9 Å². The van der Waals surface area contributed by atoms with Crippen molar-refractivity contribution < 1.29 is 9.90 Å². The molecule has 0 aromatic rings. The highest BCUT2D eigenvalue weighted by atomic mass is 35.5. The molecule has 5 heteroatoms. The van der Waals surface area contributed by atoms with E-state index in [9.17, 15) is 4.79 Å². The summed E-state index contributed by atoms with van der Waals surface area (Å²) in [7, 11) is 0. The van der Waals surface area contributed by atoms with E-state index in [0.29, 0.717) is 0 Å². The minimum absolute atomic E-state index is 0.209. The molecule has 0 aromatic heterocycles. The van der Waals surface area contributed by atoms with E-state index >= 15 is 0 Å². The molecule has 0 saturated carbocycles. The van der Waals surface area contributed by atoms with E-state index in [1.807, 2.05) is 0 Å². The van der Waals surface area contributed by atoms with Gasteiger partial charge in [-0.2, -0.15) is 0 Å². The second-order valence-corrected chi connectivity index (χ2v) is 3.17. The Balaban J connectivity index is 3.50. The largest absolute Gasteiger partial charge is 0.481 e. The van der Waals surface area contributed by atoms with Gasteiger partial charge in [0.1, 0.15) is 4.84 Å². The highest BCUT2D eigenvalue weighted by molar-refractivity contribution is 6.48. The average molecular weight is 191 g/mol. The van der Waals surface area contributed by atoms with Crippen LogP contribution in [0.15, 0.2) is 0 Å². The standard InChI is InChI=1S/C4H5Cl3O2/c5-2(4(6)7)1-3(8)9/h2,4H,1H2,(H,8,9). The van der Waals surface area contributed by atoms with Gasteiger partial charge in [0.05, 0.1) is 11.8 Å². The summed E-state index contributed by atoms with van der Waals surface area (Å²) in [5, 5.41) is 7.43. The van der Waals surface area contributed by atoms with Crippen molar-refractivity contribution in [1.82, 2.24) is 0 Å². The van der Waals surface area contributed by atoms with Crippen LogP contribution in [0.5, 0.6) is 0 Å². The molecule has 0 aliphatic carbocycles. The lowest BCUT2D eigenvalue weighted by Gasteiger charge is -2.04. The second kappa shape index (κ2) is 4.20. The highest BCUT2D eigenvalue weighted by Gasteiger charge is 2.16. The fourth-order valence-corrected chi connectivity index (χ4v) is 0.566. The summed E-state index contributed by atoms with van der Waals surface area (Å²) < 4.78 is 0. The van der Waals surface area contributed by atoms with Gasteiger partial charge in [0, 0.05) is 0 Å². The summed E-state index contributed by atoms with van der Waals surface area (Å²) in [6.45, 7) is 0. The molecule has 0 bridgehead atoms. The molecular weight excluding hydrogens is 186 g/mol. The minimum Gasteiger partial charge on any atom is -0.481 e. The lowest BCUT2D eigenvalue weighted by Crippen LogP contribution is -2.13. The van der Waals surface area contributed by atoms with Crippen molar-refractivity contribution in [2.45, 2.75) is 16.6 Å². The molecule has 9 heavy (non-hydrogen) atoms. The predicted molar refractivity (Wildman–Crippen MR) is 37.4 cm³/mol. The molecule has 0 aliphatic heterocycles. The molecule has 0 amide bonds. The van der Waals surface area contributed by atoms with Crippen LogP contribution in [0.25, 0.3) is 0 Å². The zero-order valence-electron chi connectivity index (χ0n) is 4.35. The van der Waals surface area contributed by atoms with Crippen LogP contribution in [0.4, 0.5) is 0 Å². The lowest BCUT2D eigenvalue weighted by atomic mass is 10.3. The van der Waals surface area contributed by atoms with Gasteiger partial charge >= 0.3 is 5.97 Å². The number of carboxylic acids is 1. The van der Waals surface area contributed by atoms with Gasteiger partial charge in [-0.25, -0.2) is 0 Å². The summed E-state index contributed by atoms with van der Waals surface area (Å²) in [4.78, 5) is 9.10. The molecule has 2 nitrogen and oxygen atoms in total. The quantitative estimate of drug-likeness (QED) is 0.692. The summed E-state index contributed by atoms with van der Waals surface area (Å²) >= 11 is 15.9. The van der Waals surface area contributed by atoms with E-state index < -0.39 is 16.2 Å². The summed E-state index contributed by atoms with van der Waals surface area (Å²) in [6, 6.07) is 0. The second-order valence-electron chi connectivity index (χ2n) is 1.45. The number of hydrogen-bond donors (Lipinski definition) is 1. The van der Waals surface area contributed by atoms with Crippen molar-refractivity contribution in [3.63, 3.8) is 0 Å². The Kier molecular flexibility index (Phi) is 4.36. The van der Waals surface area contributed by atoms with Gasteiger partial charge in [-0.05, 0) is 0 Å². The number of hydrogen-bond acceptors (Lipinski definition) is 1. The molecular formula is C4H5Cl3O2. The van der Waals surface area contributed by atoms with Crippen molar-refractivity contribution in [3.05, 3.63) is 0 Å². The topological polar surface area (TPSA) is 37.3 Å². The molecule has 0 aliphatic rings. The van der Waals surface area contributed by atoms with Crippen molar-refractivity contribution >= 4 is 40.8 Å². The highest BCUT2D eigenvalue weighted by Crippen LogP contribution is 2.16. The van der Waals surface area contributed by atoms with E-state index in [2.05, 4.69) is 0 Å². The smallest absolute Gasteiger partial charge is 0.304 e. The Morgan fingerprint density at radius 2 is 1.89 bits per heavy atom. The Morgan fingerprint density at radius 3 is 2.00 bits per heavy atom. The van der Waals surface area contributed by atoms with E-state index in [1.54, 1.807) is 0 Å². The van der Waals surface area contributed by atoms with Crippen molar-refractivity contribution in [2.75, 3.05) is 0 Å². The third kappa shape index (κ3) is 4.82. The average Bonchev–Trinajstić information content (AvgIpc) is 1.63. The molecule has 0 fully saturated rings. The van der Waals surface area contributed by atoms with Crippen LogP contribution in [-0.4, -0.2) is 21.3 Å². The third-order valence-corrected chi connectivity index (χ3v) is 1.92. The lowest BCUT2D eigenvalue weighted by molar-refractivity contribution is -0.136. The minimum atomic E-state index is -0.999. The first-order valence-corrected chi connectivity index (χ1v) is 3.49. The van der Waals surface area contributed by atoms with E-state index in [-0.39, 0.29) is 6.42 Å². The van der Waals surface area contributed by atoms with Crippen LogP contribution in [0.3, 0.4) is 0 Å². The molecule has 0 spiro atoms. The number of alkyl halides is 3. The molecule has 0 aromatic carbocycles. The Bertz CT molecular complexity index is 104.